The number of benzene rings is 2. The van der Waals surface area contributed by atoms with Crippen molar-refractivity contribution in [1.82, 2.24) is 4.57 Å². The fourth-order valence-electron chi connectivity index (χ4n) is 4.02. The Morgan fingerprint density at radius 2 is 1.81 bits per heavy atom. The summed E-state index contributed by atoms with van der Waals surface area (Å²) in [6.07, 6.45) is 2.82. The van der Waals surface area contributed by atoms with Crippen LogP contribution in [0.5, 0.6) is 0 Å². The predicted octanol–water partition coefficient (Wildman–Crippen LogP) is 5.17. The Morgan fingerprint density at radius 1 is 1.10 bits per heavy atom. The van der Waals surface area contributed by atoms with E-state index >= 15 is 0 Å². The quantitative estimate of drug-likeness (QED) is 0.522. The van der Waals surface area contributed by atoms with Crippen molar-refractivity contribution < 1.29 is 22.1 Å². The van der Waals surface area contributed by atoms with Gasteiger partial charge in [0.1, 0.15) is 5.60 Å². The summed E-state index contributed by atoms with van der Waals surface area (Å²) in [4.78, 5) is 12.8. The molecule has 3 aromatic rings. The number of rotatable bonds is 4. The Hall–Kier alpha value is -2.64. The monoisotopic (exact) mass is 441 g/mol. The van der Waals surface area contributed by atoms with Gasteiger partial charge in [-0.15, -0.1) is 0 Å². The van der Waals surface area contributed by atoms with Gasteiger partial charge in [0.2, 0.25) is 0 Å². The molecule has 164 valence electrons. The van der Waals surface area contributed by atoms with Gasteiger partial charge in [-0.1, -0.05) is 29.8 Å². The predicted molar refractivity (Wildman–Crippen MR) is 119 cm³/mol. The van der Waals surface area contributed by atoms with E-state index in [-0.39, 0.29) is 17.4 Å². The van der Waals surface area contributed by atoms with Gasteiger partial charge in [0, 0.05) is 17.5 Å². The summed E-state index contributed by atoms with van der Waals surface area (Å²) < 4.78 is 37.6. The second-order valence-electron chi connectivity index (χ2n) is 9.02. The number of hydrogen-bond acceptors (Lipinski definition) is 5. The number of aryl methyl sites for hydroxylation is 2. The molecule has 6 nitrogen and oxygen atoms in total. The highest BCUT2D eigenvalue weighted by Crippen LogP contribution is 2.38. The van der Waals surface area contributed by atoms with Crippen LogP contribution in [0.3, 0.4) is 0 Å². The smallest absolute Gasteiger partial charge is 0.419 e. The molecule has 0 aliphatic heterocycles. The first-order valence-corrected chi connectivity index (χ1v) is 11.8. The molecule has 0 N–H and O–H groups in total. The van der Waals surface area contributed by atoms with Gasteiger partial charge in [-0.3, -0.25) is 8.75 Å². The third-order valence-corrected chi connectivity index (χ3v) is 6.80. The lowest BCUT2D eigenvalue weighted by Gasteiger charge is -2.20. The minimum absolute atomic E-state index is 0.0541. The van der Waals surface area contributed by atoms with Crippen LogP contribution in [-0.2, 0) is 25.5 Å². The molecular weight excluding hydrogens is 414 g/mol. The molecule has 1 atom stereocenters. The maximum atomic E-state index is 12.7. The molecule has 31 heavy (non-hydrogen) atoms. The van der Waals surface area contributed by atoms with E-state index < -0.39 is 21.8 Å². The summed E-state index contributed by atoms with van der Waals surface area (Å²) in [5.74, 6) is -0.0541. The SMILES string of the molecule is Cc1ccc(S(=O)(=O)OCC2CCc3c2ccc2ccn(C(=O)OC(C)(C)C)c32)cc1. The van der Waals surface area contributed by atoms with E-state index in [1.807, 2.05) is 45.9 Å². The van der Waals surface area contributed by atoms with Crippen molar-refractivity contribution in [3.05, 3.63) is 65.4 Å². The fraction of sp³-hybridized carbons (Fsp3) is 0.375. The number of fused-ring (bicyclic) bond motifs is 3. The van der Waals surface area contributed by atoms with Gasteiger partial charge in [-0.05, 0) is 69.9 Å². The summed E-state index contributed by atoms with van der Waals surface area (Å²) in [5, 5.41) is 0.957. The number of carbonyl (C=O) groups excluding carboxylic acids is 1. The molecule has 0 saturated carbocycles. The first kappa shape index (κ1) is 21.6. The van der Waals surface area contributed by atoms with Crippen molar-refractivity contribution in [3.63, 3.8) is 0 Å². The number of nitrogens with zero attached hydrogens (tertiary/aromatic N) is 1. The average Bonchev–Trinajstić information content (AvgIpc) is 3.29. The van der Waals surface area contributed by atoms with Gasteiger partial charge in [0.15, 0.2) is 0 Å². The van der Waals surface area contributed by atoms with E-state index in [0.717, 1.165) is 40.4 Å². The molecule has 0 bridgehead atoms. The lowest BCUT2D eigenvalue weighted by atomic mass is 10.0. The van der Waals surface area contributed by atoms with E-state index in [1.165, 1.54) is 0 Å². The second kappa shape index (κ2) is 7.80. The largest absolute Gasteiger partial charge is 0.443 e. The zero-order valence-electron chi connectivity index (χ0n) is 18.2. The van der Waals surface area contributed by atoms with Gasteiger partial charge in [-0.2, -0.15) is 8.42 Å². The summed E-state index contributed by atoms with van der Waals surface area (Å²) in [7, 11) is -3.82. The molecule has 4 rings (SSSR count). The molecule has 1 unspecified atom stereocenters. The summed E-state index contributed by atoms with van der Waals surface area (Å²) in [6.45, 7) is 7.48. The highest BCUT2D eigenvalue weighted by molar-refractivity contribution is 7.86. The molecular formula is C24H27NO5S. The van der Waals surface area contributed by atoms with Crippen LogP contribution >= 0.6 is 0 Å². The minimum atomic E-state index is -3.82. The van der Waals surface area contributed by atoms with Gasteiger partial charge >= 0.3 is 6.09 Å². The van der Waals surface area contributed by atoms with Crippen molar-refractivity contribution >= 4 is 27.1 Å². The number of aromatic nitrogens is 1. The van der Waals surface area contributed by atoms with Crippen molar-refractivity contribution in [2.45, 2.75) is 57.0 Å². The van der Waals surface area contributed by atoms with Gasteiger partial charge < -0.3 is 4.74 Å². The molecule has 1 aliphatic carbocycles. The van der Waals surface area contributed by atoms with Crippen LogP contribution in [-0.4, -0.2) is 31.3 Å². The highest BCUT2D eigenvalue weighted by Gasteiger charge is 2.29. The molecule has 0 spiro atoms. The molecule has 1 heterocycles. The highest BCUT2D eigenvalue weighted by atomic mass is 32.2. The summed E-state index contributed by atoms with van der Waals surface area (Å²) in [5.41, 5.74) is 3.30. The third-order valence-electron chi connectivity index (χ3n) is 5.50. The van der Waals surface area contributed by atoms with E-state index in [2.05, 4.69) is 0 Å². The van der Waals surface area contributed by atoms with Crippen molar-refractivity contribution in [1.29, 1.82) is 0 Å². The normalized spacial score (nSPS) is 16.5. The Labute approximate surface area is 182 Å². The molecule has 7 heteroatoms. The van der Waals surface area contributed by atoms with Crippen LogP contribution in [0.4, 0.5) is 4.79 Å². The molecule has 1 aromatic heterocycles. The lowest BCUT2D eigenvalue weighted by Crippen LogP contribution is -2.26. The van der Waals surface area contributed by atoms with E-state index in [9.17, 15) is 13.2 Å². The molecule has 0 radical (unpaired) electrons. The van der Waals surface area contributed by atoms with Gasteiger partial charge in [-0.25, -0.2) is 4.79 Å². The zero-order chi connectivity index (χ0) is 22.4. The van der Waals surface area contributed by atoms with Crippen LogP contribution in [0.15, 0.2) is 53.6 Å². The maximum absolute atomic E-state index is 12.7. The van der Waals surface area contributed by atoms with Crippen molar-refractivity contribution in [2.24, 2.45) is 0 Å². The Morgan fingerprint density at radius 3 is 2.48 bits per heavy atom. The standard InChI is InChI=1S/C24H27NO5S/c1-16-5-9-19(10-6-16)31(27,28)29-15-18-8-12-21-20(18)11-7-17-13-14-25(22(17)21)23(26)30-24(2,3)4/h5-7,9-11,13-14,18H,8,12,15H2,1-4H3. The topological polar surface area (TPSA) is 74.6 Å². The van der Waals surface area contributed by atoms with Crippen molar-refractivity contribution in [2.75, 3.05) is 6.61 Å². The molecule has 1 aliphatic rings. The summed E-state index contributed by atoms with van der Waals surface area (Å²) in [6, 6.07) is 12.5. The Kier molecular flexibility index (Phi) is 5.43. The zero-order valence-corrected chi connectivity index (χ0v) is 19.0. The Balaban J connectivity index is 1.59. The number of carbonyl (C=O) groups is 1. The third kappa shape index (κ3) is 4.38. The first-order valence-electron chi connectivity index (χ1n) is 10.4. The number of ether oxygens (including phenoxy) is 1. The minimum Gasteiger partial charge on any atom is -0.443 e. The average molecular weight is 442 g/mol. The molecule has 0 fully saturated rings. The van der Waals surface area contributed by atoms with Crippen LogP contribution in [0.2, 0.25) is 0 Å². The second-order valence-corrected chi connectivity index (χ2v) is 10.6. The van der Waals surface area contributed by atoms with E-state index in [1.54, 1.807) is 35.0 Å². The first-order chi connectivity index (χ1) is 14.5. The number of hydrogen-bond donors (Lipinski definition) is 0. The molecule has 0 amide bonds. The Bertz CT molecular complexity index is 1230. The van der Waals surface area contributed by atoms with Crippen LogP contribution in [0, 0.1) is 6.92 Å². The van der Waals surface area contributed by atoms with Crippen LogP contribution in [0.25, 0.3) is 10.9 Å². The van der Waals surface area contributed by atoms with E-state index in [4.69, 9.17) is 8.92 Å². The summed E-state index contributed by atoms with van der Waals surface area (Å²) >= 11 is 0. The van der Waals surface area contributed by atoms with Crippen molar-refractivity contribution in [3.8, 4) is 0 Å². The maximum Gasteiger partial charge on any atom is 0.419 e. The van der Waals surface area contributed by atoms with Crippen LogP contribution in [0.1, 0.15) is 49.8 Å². The van der Waals surface area contributed by atoms with E-state index in [0.29, 0.717) is 0 Å². The fourth-order valence-corrected chi connectivity index (χ4v) is 4.97. The lowest BCUT2D eigenvalue weighted by molar-refractivity contribution is 0.0544. The molecule has 0 saturated heterocycles. The van der Waals surface area contributed by atoms with Gasteiger partial charge in [0.05, 0.1) is 17.0 Å². The molecule has 2 aromatic carbocycles. The van der Waals surface area contributed by atoms with Crippen LogP contribution < -0.4 is 0 Å². The van der Waals surface area contributed by atoms with Gasteiger partial charge in [0.25, 0.3) is 10.1 Å².